The third-order valence-corrected chi connectivity index (χ3v) is 6.75. The zero-order valence-electron chi connectivity index (χ0n) is 21.1. The lowest BCUT2D eigenvalue weighted by molar-refractivity contribution is -0.139. The van der Waals surface area contributed by atoms with E-state index in [1.165, 1.54) is 43.5 Å². The van der Waals surface area contributed by atoms with Gasteiger partial charge >= 0.3 is 5.97 Å². The van der Waals surface area contributed by atoms with E-state index in [-0.39, 0.29) is 34.2 Å². The van der Waals surface area contributed by atoms with Gasteiger partial charge in [0.1, 0.15) is 18.0 Å². The minimum absolute atomic E-state index is 0.0879. The van der Waals surface area contributed by atoms with Gasteiger partial charge in [0, 0.05) is 18.3 Å². The summed E-state index contributed by atoms with van der Waals surface area (Å²) in [5.41, 5.74) is 0.971. The molecule has 3 aromatic rings. The molecule has 0 bridgehead atoms. The minimum atomic E-state index is -4.26. The van der Waals surface area contributed by atoms with E-state index in [4.69, 9.17) is 4.74 Å². The largest absolute Gasteiger partial charge is 0.496 e. The first-order chi connectivity index (χ1) is 18.6. The first kappa shape index (κ1) is 28.8. The van der Waals surface area contributed by atoms with Gasteiger partial charge in [0.05, 0.1) is 24.7 Å². The van der Waals surface area contributed by atoms with Crippen molar-refractivity contribution in [3.63, 3.8) is 0 Å². The highest BCUT2D eigenvalue weighted by molar-refractivity contribution is 7.90. The molecule has 0 atom stereocenters. The summed E-state index contributed by atoms with van der Waals surface area (Å²) in [5.74, 6) is -1.97. The molecule has 3 N–H and O–H groups in total. The van der Waals surface area contributed by atoms with Crippen LogP contribution in [0.1, 0.15) is 36.8 Å². The molecule has 12 nitrogen and oxygen atoms in total. The third-order valence-electron chi connectivity index (χ3n) is 5.41. The normalized spacial score (nSPS) is 10.7. The first-order valence-corrected chi connectivity index (χ1v) is 13.0. The lowest BCUT2D eigenvalue weighted by Crippen LogP contribution is -2.32. The number of hydrogen-bond acceptors (Lipinski definition) is 9. The van der Waals surface area contributed by atoms with Crippen molar-refractivity contribution in [2.45, 2.75) is 11.3 Å². The Balaban J connectivity index is 1.56. The van der Waals surface area contributed by atoms with Crippen molar-refractivity contribution in [2.75, 3.05) is 27.3 Å². The molecular formula is C26H26N4O8S. The summed E-state index contributed by atoms with van der Waals surface area (Å²) < 4.78 is 37.0. The second kappa shape index (κ2) is 13.1. The molecule has 0 aliphatic carbocycles. The molecule has 13 heteroatoms. The number of pyridine rings is 1. The van der Waals surface area contributed by atoms with Crippen LogP contribution in [0.5, 0.6) is 5.75 Å². The van der Waals surface area contributed by atoms with E-state index in [1.807, 2.05) is 29.0 Å². The molecule has 1 aromatic heterocycles. The number of benzene rings is 2. The summed E-state index contributed by atoms with van der Waals surface area (Å²) in [6.07, 6.45) is 1.57. The molecule has 3 amide bonds. The predicted molar refractivity (Wildman–Crippen MR) is 139 cm³/mol. The maximum absolute atomic E-state index is 12.7. The Hall–Kier alpha value is -4.78. The van der Waals surface area contributed by atoms with Crippen molar-refractivity contribution in [1.29, 1.82) is 0 Å². The van der Waals surface area contributed by atoms with E-state index in [2.05, 4.69) is 20.4 Å². The van der Waals surface area contributed by atoms with Crippen LogP contribution in [0.3, 0.4) is 0 Å². The number of aromatic nitrogens is 1. The number of methoxy groups -OCH3 is 2. The highest BCUT2D eigenvalue weighted by Gasteiger charge is 2.20. The van der Waals surface area contributed by atoms with Gasteiger partial charge in [-0.15, -0.1) is 0 Å². The molecule has 0 radical (unpaired) electrons. The van der Waals surface area contributed by atoms with Gasteiger partial charge in [-0.05, 0) is 54.4 Å². The van der Waals surface area contributed by atoms with Gasteiger partial charge in [-0.2, -0.15) is 0 Å². The highest BCUT2D eigenvalue weighted by Crippen LogP contribution is 2.17. The second-order valence-corrected chi connectivity index (χ2v) is 9.65. The van der Waals surface area contributed by atoms with E-state index in [0.29, 0.717) is 13.0 Å². The molecule has 0 spiro atoms. The SMILES string of the molecule is COC(=O)CNC(=O)c1ccc(C(=O)NS(=O)(=O)c2ccc(C(=O)NCCc3ccccc3OC)cc2)cn1. The second-order valence-electron chi connectivity index (χ2n) is 7.97. The van der Waals surface area contributed by atoms with Gasteiger partial charge in [0.2, 0.25) is 0 Å². The maximum Gasteiger partial charge on any atom is 0.325 e. The summed E-state index contributed by atoms with van der Waals surface area (Å²) in [7, 11) is -1.52. The fourth-order valence-electron chi connectivity index (χ4n) is 3.33. The standard InChI is InChI=1S/C26H26N4O8S/c1-37-22-6-4-3-5-17(22)13-14-27-24(32)18-7-10-20(11-8-18)39(35,36)30-25(33)19-9-12-21(28-15-19)26(34)29-16-23(31)38-2/h3-12,15H,13-14,16H2,1-2H3,(H,27,32)(H,29,34)(H,30,33). The number of ether oxygens (including phenoxy) is 2. The number of rotatable bonds is 11. The van der Waals surface area contributed by atoms with Crippen LogP contribution in [-0.4, -0.2) is 64.4 Å². The zero-order chi connectivity index (χ0) is 28.4. The zero-order valence-corrected chi connectivity index (χ0v) is 21.9. The topological polar surface area (TPSA) is 170 Å². The number of hydrogen-bond donors (Lipinski definition) is 3. The van der Waals surface area contributed by atoms with Crippen LogP contribution in [0.15, 0.2) is 71.8 Å². The molecule has 0 saturated carbocycles. The number of carbonyl (C=O) groups excluding carboxylic acids is 4. The summed E-state index contributed by atoms with van der Waals surface area (Å²) in [6.45, 7) is -0.0179. The lowest BCUT2D eigenvalue weighted by Gasteiger charge is -2.10. The molecule has 39 heavy (non-hydrogen) atoms. The quantitative estimate of drug-likeness (QED) is 0.294. The fraction of sp³-hybridized carbons (Fsp3) is 0.192. The number of amides is 3. The average Bonchev–Trinajstić information content (AvgIpc) is 2.95. The monoisotopic (exact) mass is 554 g/mol. The van der Waals surface area contributed by atoms with Crippen molar-refractivity contribution >= 4 is 33.7 Å². The molecule has 0 aliphatic heterocycles. The summed E-state index contributed by atoms with van der Waals surface area (Å²) in [6, 6.07) is 14.9. The molecule has 1 heterocycles. The van der Waals surface area contributed by atoms with Gasteiger partial charge in [-0.1, -0.05) is 18.2 Å². The van der Waals surface area contributed by atoms with Crippen molar-refractivity contribution in [3.8, 4) is 5.75 Å². The molecule has 0 unspecified atom stereocenters. The van der Waals surface area contributed by atoms with Crippen LogP contribution in [0.25, 0.3) is 0 Å². The van der Waals surface area contributed by atoms with E-state index in [1.54, 1.807) is 7.11 Å². The Labute approximate surface area is 224 Å². The smallest absolute Gasteiger partial charge is 0.325 e. The van der Waals surface area contributed by atoms with Crippen LogP contribution < -0.4 is 20.1 Å². The van der Waals surface area contributed by atoms with Gasteiger partial charge < -0.3 is 20.1 Å². The number of sulfonamides is 1. The molecule has 204 valence electrons. The number of nitrogens with zero attached hydrogens (tertiary/aromatic N) is 1. The molecular weight excluding hydrogens is 528 g/mol. The van der Waals surface area contributed by atoms with Crippen LogP contribution in [0.4, 0.5) is 0 Å². The summed E-state index contributed by atoms with van der Waals surface area (Å²) in [5, 5.41) is 5.06. The lowest BCUT2D eigenvalue weighted by atomic mass is 10.1. The summed E-state index contributed by atoms with van der Waals surface area (Å²) >= 11 is 0. The van der Waals surface area contributed by atoms with Crippen molar-refractivity contribution in [3.05, 3.63) is 89.2 Å². The highest BCUT2D eigenvalue weighted by atomic mass is 32.2. The van der Waals surface area contributed by atoms with Crippen LogP contribution in [0, 0.1) is 0 Å². The third kappa shape index (κ3) is 7.85. The van der Waals surface area contributed by atoms with Gasteiger partial charge in [0.25, 0.3) is 27.7 Å². The minimum Gasteiger partial charge on any atom is -0.496 e. The molecule has 0 fully saturated rings. The molecule has 3 rings (SSSR count). The molecule has 0 saturated heterocycles. The molecule has 0 aliphatic rings. The first-order valence-electron chi connectivity index (χ1n) is 11.5. The number of carbonyl (C=O) groups is 4. The Morgan fingerprint density at radius 1 is 0.821 bits per heavy atom. The van der Waals surface area contributed by atoms with Gasteiger partial charge in [-0.3, -0.25) is 24.2 Å². The number of esters is 1. The van der Waals surface area contributed by atoms with Crippen molar-refractivity contribution < 1.29 is 37.1 Å². The Morgan fingerprint density at radius 3 is 2.15 bits per heavy atom. The molecule has 2 aromatic carbocycles. The van der Waals surface area contributed by atoms with Gasteiger partial charge in [-0.25, -0.2) is 13.1 Å². The Kier molecular flexibility index (Phi) is 9.70. The van der Waals surface area contributed by atoms with Crippen molar-refractivity contribution in [1.82, 2.24) is 20.3 Å². The summed E-state index contributed by atoms with van der Waals surface area (Å²) in [4.78, 5) is 51.6. The maximum atomic E-state index is 12.7. The average molecular weight is 555 g/mol. The number of nitrogens with one attached hydrogen (secondary N) is 3. The van der Waals surface area contributed by atoms with E-state index < -0.39 is 27.8 Å². The van der Waals surface area contributed by atoms with Crippen LogP contribution >= 0.6 is 0 Å². The fourth-order valence-corrected chi connectivity index (χ4v) is 4.30. The van der Waals surface area contributed by atoms with Crippen LogP contribution in [-0.2, 0) is 26.0 Å². The Bertz CT molecular complexity index is 1460. The van der Waals surface area contributed by atoms with E-state index >= 15 is 0 Å². The van der Waals surface area contributed by atoms with E-state index in [0.717, 1.165) is 17.5 Å². The Morgan fingerprint density at radius 2 is 1.51 bits per heavy atom. The van der Waals surface area contributed by atoms with Gasteiger partial charge in [0.15, 0.2) is 0 Å². The number of para-hydroxylation sites is 1. The van der Waals surface area contributed by atoms with Crippen molar-refractivity contribution in [2.24, 2.45) is 0 Å². The van der Waals surface area contributed by atoms with Crippen LogP contribution in [0.2, 0.25) is 0 Å². The predicted octanol–water partition coefficient (Wildman–Crippen LogP) is 1.08. The van der Waals surface area contributed by atoms with E-state index in [9.17, 15) is 27.6 Å².